The zero-order chi connectivity index (χ0) is 52.9. The second kappa shape index (κ2) is 49.5. The minimum Gasteiger partial charge on any atom is -0.381 e. The van der Waals surface area contributed by atoms with Crippen molar-refractivity contribution in [3.05, 3.63) is 0 Å². The minimum absolute atomic E-state index is 0.124. The average Bonchev–Trinajstić information content (AvgIpc) is 3.21. The third-order valence-corrected chi connectivity index (χ3v) is 10.0. The predicted octanol–water partition coefficient (Wildman–Crippen LogP) is 13.3. The SMILES string of the molecule is CC(C)C(=O)CCCOCCCC(=O)C(C)C.CC(C)CC(=O)CCCOCCCC(=O)C(C)C.CC(C)CC(=O)CCCOCCCC(=O)CC(C)C.CC(C)COCCCC(=O)CC(C)C. The Morgan fingerprint density at radius 3 is 0.632 bits per heavy atom. The van der Waals surface area contributed by atoms with Gasteiger partial charge < -0.3 is 18.9 Å². The molecule has 11 heteroatoms. The molecule has 402 valence electrons. The highest BCUT2D eigenvalue weighted by atomic mass is 16.5. The molecule has 0 rings (SSSR count). The summed E-state index contributed by atoms with van der Waals surface area (Å²) in [5, 5.41) is 0. The van der Waals surface area contributed by atoms with Crippen molar-refractivity contribution in [2.75, 3.05) is 52.9 Å². The number of ether oxygens (including phenoxy) is 4. The molecule has 0 aromatic heterocycles. The molecule has 0 bridgehead atoms. The molecule has 0 aliphatic rings. The standard InChI is InChI=1S/C16H30O3.C15H28O3.C14H26O3.C12H24O2/c1-13(2)11-15(17)7-5-9-19-10-6-8-16(18)12-14(3)4;1-12(2)11-14(16)7-5-9-18-10-6-8-15(17)13(3)4;1-11(2)13(15)7-5-9-17-10-6-8-14(16)12(3)4;1-10(2)8-12(13)6-5-7-14-9-11(3)4/h13-14H,5-12H2,1-4H3;12-13H,5-11H2,1-4H3;11-12H,5-10H2,1-4H3;10-11H,5-9H2,1-4H3. The van der Waals surface area contributed by atoms with E-state index in [2.05, 4.69) is 69.2 Å². The lowest BCUT2D eigenvalue weighted by Crippen LogP contribution is -2.10. The first-order chi connectivity index (χ1) is 31.8. The topological polar surface area (TPSA) is 156 Å². The second-order valence-corrected chi connectivity index (χ2v) is 21.4. The number of hydrogen-bond donors (Lipinski definition) is 0. The number of Topliss-reactive ketones (excluding diaryl/α,β-unsaturated/α-hetero) is 7. The van der Waals surface area contributed by atoms with Crippen LogP contribution in [-0.2, 0) is 52.5 Å². The van der Waals surface area contributed by atoms with Crippen LogP contribution in [0.15, 0.2) is 0 Å². The summed E-state index contributed by atoms with van der Waals surface area (Å²) in [6, 6.07) is 0. The summed E-state index contributed by atoms with van der Waals surface area (Å²) in [6.07, 6.45) is 12.7. The normalized spacial score (nSPS) is 11.2. The molecule has 0 aliphatic heterocycles. The molecular weight excluding hydrogens is 861 g/mol. The lowest BCUT2D eigenvalue weighted by molar-refractivity contribution is -0.123. The summed E-state index contributed by atoms with van der Waals surface area (Å²) in [6.45, 7) is 37.5. The van der Waals surface area contributed by atoms with Gasteiger partial charge >= 0.3 is 0 Å². The largest absolute Gasteiger partial charge is 0.381 e. The van der Waals surface area contributed by atoms with Crippen molar-refractivity contribution in [2.24, 2.45) is 47.3 Å². The maximum absolute atomic E-state index is 11.4. The van der Waals surface area contributed by atoms with Gasteiger partial charge in [-0.3, -0.25) is 33.6 Å². The van der Waals surface area contributed by atoms with Gasteiger partial charge in [0.05, 0.1) is 0 Å². The number of rotatable bonds is 41. The van der Waals surface area contributed by atoms with Crippen LogP contribution in [0.3, 0.4) is 0 Å². The number of hydrogen-bond acceptors (Lipinski definition) is 11. The zero-order valence-electron chi connectivity index (χ0n) is 47.0. The van der Waals surface area contributed by atoms with Gasteiger partial charge in [-0.2, -0.15) is 0 Å². The fourth-order valence-electron chi connectivity index (χ4n) is 6.25. The van der Waals surface area contributed by atoms with Crippen molar-refractivity contribution < 1.29 is 52.5 Å². The molecule has 0 radical (unpaired) electrons. The third-order valence-electron chi connectivity index (χ3n) is 10.0. The Bertz CT molecular complexity index is 1210. The molecule has 0 aliphatic carbocycles. The van der Waals surface area contributed by atoms with Gasteiger partial charge in [0.2, 0.25) is 0 Å². The van der Waals surface area contributed by atoms with Crippen molar-refractivity contribution in [1.82, 2.24) is 0 Å². The molecule has 68 heavy (non-hydrogen) atoms. The van der Waals surface area contributed by atoms with Gasteiger partial charge in [-0.05, 0) is 74.5 Å². The molecule has 0 aromatic carbocycles. The lowest BCUT2D eigenvalue weighted by Gasteiger charge is -2.06. The first kappa shape index (κ1) is 72.1. The Morgan fingerprint density at radius 2 is 0.456 bits per heavy atom. The molecule has 0 amide bonds. The molecule has 0 N–H and O–H groups in total. The Morgan fingerprint density at radius 1 is 0.265 bits per heavy atom. The molecule has 0 unspecified atom stereocenters. The number of carbonyl (C=O) groups excluding carboxylic acids is 7. The molecular formula is C57H108O11. The minimum atomic E-state index is 0.124. The maximum atomic E-state index is 11.4. The van der Waals surface area contributed by atoms with Gasteiger partial charge in [-0.15, -0.1) is 0 Å². The van der Waals surface area contributed by atoms with E-state index in [1.54, 1.807) is 0 Å². The van der Waals surface area contributed by atoms with E-state index in [1.165, 1.54) is 0 Å². The van der Waals surface area contributed by atoms with Crippen LogP contribution in [-0.4, -0.2) is 93.3 Å². The van der Waals surface area contributed by atoms with Crippen LogP contribution in [0.5, 0.6) is 0 Å². The van der Waals surface area contributed by atoms with Crippen LogP contribution in [0.1, 0.15) is 226 Å². The summed E-state index contributed by atoms with van der Waals surface area (Å²) < 4.78 is 21.6. The van der Waals surface area contributed by atoms with E-state index in [0.717, 1.165) is 58.2 Å². The van der Waals surface area contributed by atoms with E-state index in [1.807, 2.05) is 41.5 Å². The van der Waals surface area contributed by atoms with Crippen LogP contribution in [0, 0.1) is 47.3 Å². The molecule has 0 spiro atoms. The fraction of sp³-hybridized carbons (Fsp3) is 0.877. The quantitative estimate of drug-likeness (QED) is 0.0537. The Balaban J connectivity index is -0.000000404. The summed E-state index contributed by atoms with van der Waals surface area (Å²) in [5.74, 6) is 5.00. The van der Waals surface area contributed by atoms with Crippen molar-refractivity contribution in [3.63, 3.8) is 0 Å². The van der Waals surface area contributed by atoms with Crippen LogP contribution < -0.4 is 0 Å². The van der Waals surface area contributed by atoms with Gasteiger partial charge in [0, 0.05) is 141 Å². The van der Waals surface area contributed by atoms with E-state index in [4.69, 9.17) is 18.9 Å². The Labute approximate surface area is 418 Å². The number of ketones is 7. The van der Waals surface area contributed by atoms with Gasteiger partial charge in [0.1, 0.15) is 40.5 Å². The van der Waals surface area contributed by atoms with Gasteiger partial charge in [-0.25, -0.2) is 0 Å². The molecule has 11 nitrogen and oxygen atoms in total. The first-order valence-electron chi connectivity index (χ1n) is 26.8. The third kappa shape index (κ3) is 61.5. The first-order valence-corrected chi connectivity index (χ1v) is 26.8. The van der Waals surface area contributed by atoms with Gasteiger partial charge in [0.25, 0.3) is 0 Å². The summed E-state index contributed by atoms with van der Waals surface area (Å²) in [5.41, 5.74) is 0. The van der Waals surface area contributed by atoms with Gasteiger partial charge in [-0.1, -0.05) is 111 Å². The Kier molecular flexibility index (Phi) is 52.5. The molecule has 0 atom stereocenters. The van der Waals surface area contributed by atoms with E-state index in [-0.39, 0.29) is 17.8 Å². The lowest BCUT2D eigenvalue weighted by atomic mass is 10.0. The zero-order valence-corrected chi connectivity index (χ0v) is 47.0. The number of carbonyl (C=O) groups is 7. The molecule has 0 saturated carbocycles. The summed E-state index contributed by atoms with van der Waals surface area (Å²) >= 11 is 0. The van der Waals surface area contributed by atoms with Crippen molar-refractivity contribution in [1.29, 1.82) is 0 Å². The van der Waals surface area contributed by atoms with Crippen molar-refractivity contribution in [2.45, 2.75) is 226 Å². The molecule has 0 saturated heterocycles. The van der Waals surface area contributed by atoms with Crippen LogP contribution in [0.25, 0.3) is 0 Å². The molecule has 0 fully saturated rings. The van der Waals surface area contributed by atoms with E-state index < -0.39 is 0 Å². The van der Waals surface area contributed by atoms with Crippen LogP contribution in [0.2, 0.25) is 0 Å². The Hall–Kier alpha value is -2.47. The molecule has 0 aromatic rings. The predicted molar refractivity (Wildman–Crippen MR) is 280 cm³/mol. The van der Waals surface area contributed by atoms with Crippen LogP contribution >= 0.6 is 0 Å². The van der Waals surface area contributed by atoms with Crippen molar-refractivity contribution in [3.8, 4) is 0 Å². The smallest absolute Gasteiger partial charge is 0.135 e. The van der Waals surface area contributed by atoms with Crippen molar-refractivity contribution >= 4 is 40.5 Å². The highest BCUT2D eigenvalue weighted by molar-refractivity contribution is 5.81. The van der Waals surface area contributed by atoms with Gasteiger partial charge in [0.15, 0.2) is 0 Å². The highest BCUT2D eigenvalue weighted by Crippen LogP contribution is 2.09. The monoisotopic (exact) mass is 969 g/mol. The fourth-order valence-corrected chi connectivity index (χ4v) is 6.25. The highest BCUT2D eigenvalue weighted by Gasteiger charge is 2.10. The second-order valence-electron chi connectivity index (χ2n) is 21.4. The van der Waals surface area contributed by atoms with E-state index in [0.29, 0.717) is 180 Å². The van der Waals surface area contributed by atoms with E-state index >= 15 is 0 Å². The molecule has 0 heterocycles. The summed E-state index contributed by atoms with van der Waals surface area (Å²) in [4.78, 5) is 79.5. The van der Waals surface area contributed by atoms with Crippen LogP contribution in [0.4, 0.5) is 0 Å². The average molecular weight is 969 g/mol. The van der Waals surface area contributed by atoms with E-state index in [9.17, 15) is 33.6 Å². The maximum Gasteiger partial charge on any atom is 0.135 e. The summed E-state index contributed by atoms with van der Waals surface area (Å²) in [7, 11) is 0.